The normalized spacial score (nSPS) is 13.4. The lowest BCUT2D eigenvalue weighted by Crippen LogP contribution is -2.44. The van der Waals surface area contributed by atoms with Crippen molar-refractivity contribution in [3.63, 3.8) is 0 Å². The monoisotopic (exact) mass is 346 g/mol. The summed E-state index contributed by atoms with van der Waals surface area (Å²) >= 11 is 0. The van der Waals surface area contributed by atoms with Gasteiger partial charge in [0.05, 0.1) is 6.04 Å². The molecule has 25 heavy (non-hydrogen) atoms. The molecule has 0 aromatic heterocycles. The summed E-state index contributed by atoms with van der Waals surface area (Å²) in [6.45, 7) is 4.39. The van der Waals surface area contributed by atoms with Crippen LogP contribution in [0.3, 0.4) is 0 Å². The molecule has 0 fully saturated rings. The van der Waals surface area contributed by atoms with Crippen LogP contribution in [0.4, 0.5) is 0 Å². The smallest absolute Gasteiger partial charge is 0.239 e. The second-order valence-electron chi connectivity index (χ2n) is 7.35. The van der Waals surface area contributed by atoms with Crippen molar-refractivity contribution in [3.05, 3.63) is 35.9 Å². The summed E-state index contributed by atoms with van der Waals surface area (Å²) in [7, 11) is 3.69. The molecule has 3 nitrogen and oxygen atoms in total. The summed E-state index contributed by atoms with van der Waals surface area (Å²) in [5, 5.41) is 3.54. The molecule has 0 aliphatic heterocycles. The Morgan fingerprint density at radius 2 is 1.52 bits per heavy atom. The molecule has 0 bridgehead atoms. The Kier molecular flexibility index (Phi) is 11.2. The molecule has 0 spiro atoms. The quantitative estimate of drug-likeness (QED) is 0.490. The van der Waals surface area contributed by atoms with Crippen molar-refractivity contribution >= 4 is 5.91 Å². The predicted octanol–water partition coefficient (Wildman–Crippen LogP) is 5.32. The maximum Gasteiger partial charge on any atom is 0.239 e. The third-order valence-corrected chi connectivity index (χ3v) is 4.84. The van der Waals surface area contributed by atoms with Crippen LogP contribution < -0.4 is 5.32 Å². The zero-order valence-corrected chi connectivity index (χ0v) is 16.8. The van der Waals surface area contributed by atoms with E-state index in [0.717, 1.165) is 12.8 Å². The number of unbranched alkanes of at least 4 members (excludes halogenated alkanes) is 7. The zero-order valence-electron chi connectivity index (χ0n) is 16.8. The third kappa shape index (κ3) is 9.06. The van der Waals surface area contributed by atoms with Gasteiger partial charge in [0.25, 0.3) is 0 Å². The van der Waals surface area contributed by atoms with E-state index in [2.05, 4.69) is 43.4 Å². The van der Waals surface area contributed by atoms with E-state index in [-0.39, 0.29) is 18.0 Å². The van der Waals surface area contributed by atoms with Crippen molar-refractivity contribution in [3.8, 4) is 0 Å². The highest BCUT2D eigenvalue weighted by molar-refractivity contribution is 5.81. The summed E-state index contributed by atoms with van der Waals surface area (Å²) in [5.74, 6) is 0.186. The van der Waals surface area contributed by atoms with Gasteiger partial charge in [-0.25, -0.2) is 0 Å². The minimum atomic E-state index is -0.0923. The van der Waals surface area contributed by atoms with Gasteiger partial charge in [0.1, 0.15) is 0 Å². The van der Waals surface area contributed by atoms with Crippen LogP contribution in [-0.4, -0.2) is 30.9 Å². The third-order valence-electron chi connectivity index (χ3n) is 4.84. The number of rotatable bonds is 13. The number of hydrogen-bond donors (Lipinski definition) is 1. The average Bonchev–Trinajstić information content (AvgIpc) is 2.62. The number of hydrogen-bond acceptors (Lipinski definition) is 2. The van der Waals surface area contributed by atoms with E-state index in [9.17, 15) is 4.79 Å². The van der Waals surface area contributed by atoms with E-state index in [4.69, 9.17) is 0 Å². The first-order valence-electron chi connectivity index (χ1n) is 10.1. The number of benzene rings is 1. The van der Waals surface area contributed by atoms with Crippen LogP contribution in [0.25, 0.3) is 0 Å². The minimum absolute atomic E-state index is 0.0923. The standard InChI is InChI=1S/C22H38N2O/c1-5-6-7-8-9-10-11-15-18-21(22(25)24(3)4)23-19(2)20-16-13-12-14-17-20/h12-14,16-17,19,21,23H,5-11,15,18H2,1-4H3. The van der Waals surface area contributed by atoms with Crippen LogP contribution in [0.1, 0.15) is 83.2 Å². The van der Waals surface area contributed by atoms with Crippen molar-refractivity contribution in [2.24, 2.45) is 0 Å². The van der Waals surface area contributed by atoms with Gasteiger partial charge in [0.2, 0.25) is 5.91 Å². The second-order valence-corrected chi connectivity index (χ2v) is 7.35. The number of nitrogens with zero attached hydrogens (tertiary/aromatic N) is 1. The van der Waals surface area contributed by atoms with Crippen molar-refractivity contribution in [2.75, 3.05) is 14.1 Å². The number of amides is 1. The predicted molar refractivity (Wildman–Crippen MR) is 108 cm³/mol. The Balaban J connectivity index is 2.39. The molecule has 0 heterocycles. The Hall–Kier alpha value is -1.35. The van der Waals surface area contributed by atoms with Gasteiger partial charge in [-0.3, -0.25) is 10.1 Å². The van der Waals surface area contributed by atoms with E-state index >= 15 is 0 Å². The Morgan fingerprint density at radius 1 is 0.960 bits per heavy atom. The van der Waals surface area contributed by atoms with Gasteiger partial charge in [0, 0.05) is 20.1 Å². The lowest BCUT2D eigenvalue weighted by molar-refractivity contribution is -0.131. The average molecular weight is 347 g/mol. The first-order chi connectivity index (χ1) is 12.1. The molecule has 2 unspecified atom stereocenters. The number of carbonyl (C=O) groups is 1. The molecule has 0 aliphatic carbocycles. The minimum Gasteiger partial charge on any atom is -0.347 e. The maximum absolute atomic E-state index is 12.5. The van der Waals surface area contributed by atoms with Crippen molar-refractivity contribution in [1.29, 1.82) is 0 Å². The largest absolute Gasteiger partial charge is 0.347 e. The van der Waals surface area contributed by atoms with Crippen LogP contribution in [0, 0.1) is 0 Å². The van der Waals surface area contributed by atoms with E-state index < -0.39 is 0 Å². The lowest BCUT2D eigenvalue weighted by Gasteiger charge is -2.25. The van der Waals surface area contributed by atoms with Gasteiger partial charge in [0.15, 0.2) is 0 Å². The summed E-state index contributed by atoms with van der Waals surface area (Å²) in [5.41, 5.74) is 1.23. The van der Waals surface area contributed by atoms with Gasteiger partial charge in [-0.2, -0.15) is 0 Å². The van der Waals surface area contributed by atoms with Crippen LogP contribution in [-0.2, 0) is 4.79 Å². The summed E-state index contributed by atoms with van der Waals surface area (Å²) in [6, 6.07) is 10.5. The topological polar surface area (TPSA) is 32.3 Å². The van der Waals surface area contributed by atoms with Crippen molar-refractivity contribution < 1.29 is 4.79 Å². The molecule has 1 amide bonds. The number of carbonyl (C=O) groups excluding carboxylic acids is 1. The molecule has 0 radical (unpaired) electrons. The van der Waals surface area contributed by atoms with Gasteiger partial charge < -0.3 is 4.90 Å². The fourth-order valence-electron chi connectivity index (χ4n) is 3.21. The molecule has 1 aromatic carbocycles. The van der Waals surface area contributed by atoms with Gasteiger partial charge in [-0.05, 0) is 18.9 Å². The first-order valence-corrected chi connectivity index (χ1v) is 10.1. The molecule has 2 atom stereocenters. The molecule has 0 saturated carbocycles. The fourth-order valence-corrected chi connectivity index (χ4v) is 3.21. The van der Waals surface area contributed by atoms with Crippen molar-refractivity contribution in [2.45, 2.75) is 83.7 Å². The van der Waals surface area contributed by atoms with Gasteiger partial charge in [-0.15, -0.1) is 0 Å². The van der Waals surface area contributed by atoms with Crippen molar-refractivity contribution in [1.82, 2.24) is 10.2 Å². The van der Waals surface area contributed by atoms with Gasteiger partial charge in [-0.1, -0.05) is 88.6 Å². The molecule has 1 N–H and O–H groups in total. The zero-order chi connectivity index (χ0) is 18.5. The highest BCUT2D eigenvalue weighted by Gasteiger charge is 2.21. The number of nitrogens with one attached hydrogen (secondary N) is 1. The molecule has 142 valence electrons. The summed E-state index contributed by atoms with van der Waals surface area (Å²) in [6.07, 6.45) is 11.3. The highest BCUT2D eigenvalue weighted by atomic mass is 16.2. The molecule has 3 heteroatoms. The molecular formula is C22H38N2O. The highest BCUT2D eigenvalue weighted by Crippen LogP contribution is 2.16. The SMILES string of the molecule is CCCCCCCCCCC(NC(C)c1ccccc1)C(=O)N(C)C. The van der Waals surface area contributed by atoms with Crippen LogP contribution in [0.5, 0.6) is 0 Å². The Bertz CT molecular complexity index is 458. The molecule has 1 aromatic rings. The van der Waals surface area contributed by atoms with Crippen LogP contribution >= 0.6 is 0 Å². The lowest BCUT2D eigenvalue weighted by atomic mass is 10.0. The molecule has 0 saturated heterocycles. The van der Waals surface area contributed by atoms with Crippen LogP contribution in [0.2, 0.25) is 0 Å². The van der Waals surface area contributed by atoms with E-state index in [0.29, 0.717) is 0 Å². The molecular weight excluding hydrogens is 308 g/mol. The van der Waals surface area contributed by atoms with Crippen LogP contribution in [0.15, 0.2) is 30.3 Å². The second kappa shape index (κ2) is 12.9. The molecule has 1 rings (SSSR count). The van der Waals surface area contributed by atoms with Gasteiger partial charge >= 0.3 is 0 Å². The van der Waals surface area contributed by atoms with E-state index in [1.54, 1.807) is 4.90 Å². The summed E-state index contributed by atoms with van der Waals surface area (Å²) < 4.78 is 0. The summed E-state index contributed by atoms with van der Waals surface area (Å²) in [4.78, 5) is 14.2. The molecule has 0 aliphatic rings. The van der Waals surface area contributed by atoms with E-state index in [1.807, 2.05) is 20.2 Å². The fraction of sp³-hybridized carbons (Fsp3) is 0.682. The first kappa shape index (κ1) is 21.7. The number of likely N-dealkylation sites (N-methyl/N-ethyl adjacent to an activating group) is 1. The Morgan fingerprint density at radius 3 is 2.08 bits per heavy atom. The maximum atomic E-state index is 12.5. The van der Waals surface area contributed by atoms with E-state index in [1.165, 1.54) is 50.5 Å². The Labute approximate surface area is 155 Å².